The third kappa shape index (κ3) is 7.24. The number of hydrogen-bond acceptors (Lipinski definition) is 2. The summed E-state index contributed by atoms with van der Waals surface area (Å²) in [5.74, 6) is 0.0665. The monoisotopic (exact) mass is 295 g/mol. The Morgan fingerprint density at radius 2 is 1.84 bits per heavy atom. The second-order valence-electron chi connectivity index (χ2n) is 3.11. The fraction of sp³-hybridized carbons (Fsp3) is 0.0714. The third-order valence-electron chi connectivity index (χ3n) is 2.05. The molecule has 19 heavy (non-hydrogen) atoms. The van der Waals surface area contributed by atoms with E-state index in [1.807, 2.05) is 30.3 Å². The Labute approximate surface area is 122 Å². The minimum Gasteiger partial charge on any atom is 0 e. The topological polar surface area (TPSA) is 69.8 Å². The van der Waals surface area contributed by atoms with Gasteiger partial charge >= 0.3 is 22.6 Å². The zero-order valence-electron chi connectivity index (χ0n) is 9.88. The molecule has 0 fully saturated rings. The van der Waals surface area contributed by atoms with E-state index in [-0.39, 0.29) is 22.9 Å². The van der Waals surface area contributed by atoms with Crippen LogP contribution in [0.4, 0.5) is 0 Å². The summed E-state index contributed by atoms with van der Waals surface area (Å²) in [7, 11) is 0. The average molecular weight is 295 g/mol. The Balaban J connectivity index is 0. The fourth-order valence-corrected chi connectivity index (χ4v) is 1.34. The van der Waals surface area contributed by atoms with Gasteiger partial charge in [0.15, 0.2) is 5.78 Å². The van der Waals surface area contributed by atoms with Crippen LogP contribution in [0.1, 0.15) is 16.1 Å². The summed E-state index contributed by atoms with van der Waals surface area (Å²) in [6, 6.07) is 13.1. The van der Waals surface area contributed by atoms with E-state index in [2.05, 4.69) is 18.3 Å². The number of aromatic nitrogens is 1. The van der Waals surface area contributed by atoms with Crippen molar-refractivity contribution in [3.05, 3.63) is 73.2 Å². The zero-order chi connectivity index (χ0) is 13.8. The van der Waals surface area contributed by atoms with Gasteiger partial charge in [-0.3, -0.25) is 9.78 Å². The second kappa shape index (κ2) is 12.6. The summed E-state index contributed by atoms with van der Waals surface area (Å²) >= 11 is 0. The fourth-order valence-electron chi connectivity index (χ4n) is 1.34. The summed E-state index contributed by atoms with van der Waals surface area (Å²) in [4.78, 5) is 15.7. The summed E-state index contributed by atoms with van der Waals surface area (Å²) < 4.78 is 15.0. The van der Waals surface area contributed by atoms with Gasteiger partial charge < -0.3 is 0 Å². The van der Waals surface area contributed by atoms with Gasteiger partial charge in [0, 0.05) is 29.7 Å². The number of nitrogens with zero attached hydrogens (tertiary/aromatic N) is 1. The summed E-state index contributed by atoms with van der Waals surface area (Å²) in [5.41, 5.74) is 1.58. The summed E-state index contributed by atoms with van der Waals surface area (Å²) in [6.45, 7) is 9.00. The molecule has 4 nitrogen and oxygen atoms in total. The molecule has 1 heterocycles. The molecule has 5 heteroatoms. The van der Waals surface area contributed by atoms with Crippen LogP contribution >= 0.6 is 0 Å². The van der Waals surface area contributed by atoms with Crippen LogP contribution in [0, 0.1) is 13.3 Å². The van der Waals surface area contributed by atoms with Gasteiger partial charge in [0.1, 0.15) is 5.69 Å². The van der Waals surface area contributed by atoms with E-state index < -0.39 is 0 Å². The first-order valence-electron chi connectivity index (χ1n) is 4.92. The first kappa shape index (κ1) is 19.5. The average Bonchev–Trinajstić information content (AvgIpc) is 2.97. The van der Waals surface area contributed by atoms with E-state index in [0.29, 0.717) is 12.1 Å². The molecule has 0 saturated heterocycles. The molecule has 2 aromatic rings. The SMILES string of the molecule is O=C(Cc1ccc[cH-]1)c1ccccn1.[C-]#[O+].[C-]#[O+].[Mn]. The van der Waals surface area contributed by atoms with Crippen LogP contribution in [0.15, 0.2) is 48.7 Å². The number of hydrogen-bond donors (Lipinski definition) is 0. The van der Waals surface area contributed by atoms with Crippen molar-refractivity contribution in [2.24, 2.45) is 0 Å². The maximum Gasteiger partial charge on any atom is 0 e. The number of Topliss-reactive ketones (excluding diaryl/α,β-unsaturated/α-hetero) is 1. The number of ketones is 1. The van der Waals surface area contributed by atoms with Crippen molar-refractivity contribution in [1.82, 2.24) is 4.98 Å². The maximum atomic E-state index is 11.6. The molecule has 0 spiro atoms. The van der Waals surface area contributed by atoms with Crippen LogP contribution in [0.2, 0.25) is 0 Å². The molecule has 0 bridgehead atoms. The number of carbonyl (C=O) groups is 1. The largest absolute Gasteiger partial charge is 0 e. The molecule has 0 amide bonds. The molecule has 1 aromatic carbocycles. The van der Waals surface area contributed by atoms with Crippen LogP contribution in [0.3, 0.4) is 0 Å². The quantitative estimate of drug-likeness (QED) is 0.377. The Kier molecular flexibility index (Phi) is 13.0. The number of carbonyl (C=O) groups excluding carboxylic acids is 1. The van der Waals surface area contributed by atoms with Crippen molar-refractivity contribution < 1.29 is 31.2 Å². The molecule has 97 valence electrons. The van der Waals surface area contributed by atoms with Gasteiger partial charge in [0.25, 0.3) is 0 Å². The minimum absolute atomic E-state index is 0. The number of pyridine rings is 1. The Bertz CT molecular complexity index is 483. The molecular formula is C14H10MnNO3-. The standard InChI is InChI=1S/C12H10NO.2CO.Mn/c14-12(9-10-5-1-2-6-10)11-7-3-4-8-13-11;2*1-2;/h1-8H,9H2;;;/q-1;;;. The van der Waals surface area contributed by atoms with Crippen molar-refractivity contribution in [1.29, 1.82) is 0 Å². The molecule has 2 rings (SSSR count). The molecule has 1 aromatic heterocycles. The molecular weight excluding hydrogens is 285 g/mol. The van der Waals surface area contributed by atoms with Gasteiger partial charge in [0.05, 0.1) is 0 Å². The molecule has 0 saturated carbocycles. The van der Waals surface area contributed by atoms with E-state index in [0.717, 1.165) is 5.56 Å². The van der Waals surface area contributed by atoms with Crippen molar-refractivity contribution >= 4 is 5.78 Å². The normalized spacial score (nSPS) is 7.58. The predicted octanol–water partition coefficient (Wildman–Crippen LogP) is 2.15. The van der Waals surface area contributed by atoms with Gasteiger partial charge in [-0.15, -0.1) is 0 Å². The smallest absolute Gasteiger partial charge is 0 e. The first-order chi connectivity index (χ1) is 8.86. The van der Waals surface area contributed by atoms with Gasteiger partial charge in [-0.25, -0.2) is 12.1 Å². The van der Waals surface area contributed by atoms with Crippen LogP contribution < -0.4 is 0 Å². The van der Waals surface area contributed by atoms with Crippen LogP contribution in [0.5, 0.6) is 0 Å². The summed E-state index contributed by atoms with van der Waals surface area (Å²) in [5, 5.41) is 0. The molecule has 0 N–H and O–H groups in total. The third-order valence-corrected chi connectivity index (χ3v) is 2.05. The first-order valence-corrected chi connectivity index (χ1v) is 4.92. The van der Waals surface area contributed by atoms with Crippen molar-refractivity contribution in [3.8, 4) is 0 Å². The Morgan fingerprint density at radius 1 is 1.16 bits per heavy atom. The van der Waals surface area contributed by atoms with Gasteiger partial charge in [-0.2, -0.15) is 17.7 Å². The Morgan fingerprint density at radius 3 is 2.32 bits per heavy atom. The zero-order valence-corrected chi connectivity index (χ0v) is 11.1. The van der Waals surface area contributed by atoms with Crippen LogP contribution in [-0.2, 0) is 32.8 Å². The second-order valence-corrected chi connectivity index (χ2v) is 3.11. The van der Waals surface area contributed by atoms with E-state index in [4.69, 9.17) is 9.30 Å². The molecule has 0 atom stereocenters. The van der Waals surface area contributed by atoms with Crippen molar-refractivity contribution in [3.63, 3.8) is 0 Å². The van der Waals surface area contributed by atoms with Gasteiger partial charge in [-0.05, 0) is 12.1 Å². The summed E-state index contributed by atoms with van der Waals surface area (Å²) in [6.07, 6.45) is 2.07. The van der Waals surface area contributed by atoms with E-state index in [9.17, 15) is 4.79 Å². The molecule has 0 aliphatic carbocycles. The van der Waals surface area contributed by atoms with E-state index in [1.165, 1.54) is 0 Å². The number of rotatable bonds is 3. The molecule has 0 unspecified atom stereocenters. The van der Waals surface area contributed by atoms with Crippen molar-refractivity contribution in [2.75, 3.05) is 0 Å². The van der Waals surface area contributed by atoms with E-state index >= 15 is 0 Å². The van der Waals surface area contributed by atoms with Gasteiger partial charge in [0.2, 0.25) is 0 Å². The van der Waals surface area contributed by atoms with Crippen LogP contribution in [0.25, 0.3) is 0 Å². The predicted molar refractivity (Wildman–Crippen MR) is 62.2 cm³/mol. The van der Waals surface area contributed by atoms with E-state index in [1.54, 1.807) is 18.3 Å². The van der Waals surface area contributed by atoms with Crippen molar-refractivity contribution in [2.45, 2.75) is 6.42 Å². The van der Waals surface area contributed by atoms with Crippen LogP contribution in [-0.4, -0.2) is 10.8 Å². The molecule has 0 aliphatic rings. The van der Waals surface area contributed by atoms with Gasteiger partial charge in [-0.1, -0.05) is 6.07 Å². The molecule has 0 aliphatic heterocycles. The minimum atomic E-state index is 0. The Hall–Kier alpha value is -1.83. The maximum absolute atomic E-state index is 11.6. The molecule has 1 radical (unpaired) electrons.